The van der Waals surface area contributed by atoms with Crippen molar-refractivity contribution in [3.63, 3.8) is 0 Å². The molecule has 0 aliphatic carbocycles. The Balaban J connectivity index is 2.01. The van der Waals surface area contributed by atoms with Gasteiger partial charge in [0.1, 0.15) is 0 Å². The first-order chi connectivity index (χ1) is 9.24. The van der Waals surface area contributed by atoms with Gasteiger partial charge in [0, 0.05) is 19.6 Å². The third-order valence-corrected chi connectivity index (χ3v) is 4.39. The maximum absolute atomic E-state index is 9.86. The van der Waals surface area contributed by atoms with E-state index >= 15 is 0 Å². The van der Waals surface area contributed by atoms with Gasteiger partial charge in [0.05, 0.1) is 12.1 Å². The molecule has 0 saturated carbocycles. The number of benzene rings is 1. The second-order valence-corrected chi connectivity index (χ2v) is 5.50. The predicted octanol–water partition coefficient (Wildman–Crippen LogP) is 1.97. The zero-order valence-corrected chi connectivity index (χ0v) is 12.2. The third-order valence-electron chi connectivity index (χ3n) is 4.39. The van der Waals surface area contributed by atoms with Gasteiger partial charge in [0.15, 0.2) is 0 Å². The van der Waals surface area contributed by atoms with E-state index in [0.717, 1.165) is 39.1 Å². The normalized spacial score (nSPS) is 24.2. The highest BCUT2D eigenvalue weighted by Crippen LogP contribution is 2.28. The minimum absolute atomic E-state index is 0.0295. The van der Waals surface area contributed by atoms with Gasteiger partial charge in [-0.15, -0.1) is 0 Å². The van der Waals surface area contributed by atoms with Crippen LogP contribution in [0.15, 0.2) is 30.3 Å². The first kappa shape index (κ1) is 14.5. The molecule has 0 amide bonds. The molecule has 1 aliphatic rings. The van der Waals surface area contributed by atoms with Crippen LogP contribution in [0.2, 0.25) is 0 Å². The third kappa shape index (κ3) is 3.16. The first-order valence-corrected chi connectivity index (χ1v) is 7.36. The molecule has 1 heterocycles. The Morgan fingerprint density at radius 3 is 2.47 bits per heavy atom. The molecule has 1 aromatic carbocycles. The highest BCUT2D eigenvalue weighted by atomic mass is 16.3. The Morgan fingerprint density at radius 2 is 1.89 bits per heavy atom. The van der Waals surface area contributed by atoms with Gasteiger partial charge in [-0.1, -0.05) is 44.2 Å². The highest BCUT2D eigenvalue weighted by molar-refractivity contribution is 5.15. The van der Waals surface area contributed by atoms with Crippen LogP contribution in [0.4, 0.5) is 0 Å². The molecule has 0 bridgehead atoms. The molecule has 0 aromatic heterocycles. The number of nitrogens with zero attached hydrogens (tertiary/aromatic N) is 2. The van der Waals surface area contributed by atoms with Gasteiger partial charge in [-0.25, -0.2) is 0 Å². The van der Waals surface area contributed by atoms with Crippen LogP contribution in [-0.2, 0) is 6.54 Å². The zero-order chi connectivity index (χ0) is 13.7. The fraction of sp³-hybridized carbons (Fsp3) is 0.625. The monoisotopic (exact) mass is 262 g/mol. The fourth-order valence-corrected chi connectivity index (χ4v) is 3.30. The summed E-state index contributed by atoms with van der Waals surface area (Å²) in [5, 5.41) is 9.86. The van der Waals surface area contributed by atoms with Crippen molar-refractivity contribution in [1.82, 2.24) is 9.80 Å². The summed E-state index contributed by atoms with van der Waals surface area (Å²) in [5.41, 5.74) is 1.33. The Morgan fingerprint density at radius 1 is 1.21 bits per heavy atom. The van der Waals surface area contributed by atoms with Crippen molar-refractivity contribution in [2.45, 2.75) is 32.4 Å². The van der Waals surface area contributed by atoms with Crippen molar-refractivity contribution >= 4 is 0 Å². The van der Waals surface area contributed by atoms with E-state index < -0.39 is 0 Å². The molecule has 19 heavy (non-hydrogen) atoms. The van der Waals surface area contributed by atoms with Crippen molar-refractivity contribution < 1.29 is 5.11 Å². The lowest BCUT2D eigenvalue weighted by atomic mass is 9.97. The minimum Gasteiger partial charge on any atom is -0.394 e. The molecule has 1 fully saturated rings. The van der Waals surface area contributed by atoms with Crippen LogP contribution in [0.3, 0.4) is 0 Å². The molecular formula is C16H26N2O. The number of likely N-dealkylation sites (N-methyl/N-ethyl adjacent to an activating group) is 1. The molecule has 0 radical (unpaired) electrons. The van der Waals surface area contributed by atoms with Gasteiger partial charge in [-0.3, -0.25) is 9.80 Å². The minimum atomic E-state index is -0.0295. The van der Waals surface area contributed by atoms with Crippen LogP contribution in [0, 0.1) is 0 Å². The molecule has 106 valence electrons. The molecule has 2 rings (SSSR count). The van der Waals surface area contributed by atoms with E-state index in [-0.39, 0.29) is 12.1 Å². The number of aliphatic hydroxyl groups is 1. The molecule has 1 unspecified atom stereocenters. The van der Waals surface area contributed by atoms with Gasteiger partial charge in [-0.05, 0) is 25.1 Å². The summed E-state index contributed by atoms with van der Waals surface area (Å²) in [4.78, 5) is 4.88. The average molecular weight is 262 g/mol. The number of hydrogen-bond donors (Lipinski definition) is 1. The second-order valence-electron chi connectivity index (χ2n) is 5.50. The first-order valence-electron chi connectivity index (χ1n) is 7.36. The van der Waals surface area contributed by atoms with E-state index in [1.54, 1.807) is 0 Å². The van der Waals surface area contributed by atoms with E-state index in [1.807, 2.05) is 0 Å². The van der Waals surface area contributed by atoms with Crippen molar-refractivity contribution in [2.24, 2.45) is 0 Å². The van der Waals surface area contributed by atoms with Crippen molar-refractivity contribution in [3.8, 4) is 0 Å². The predicted molar refractivity (Wildman–Crippen MR) is 79.1 cm³/mol. The highest BCUT2D eigenvalue weighted by Gasteiger charge is 2.41. The summed E-state index contributed by atoms with van der Waals surface area (Å²) < 4.78 is 0. The molecule has 1 aromatic rings. The lowest BCUT2D eigenvalue weighted by Gasteiger charge is -2.39. The van der Waals surface area contributed by atoms with E-state index in [9.17, 15) is 5.11 Å². The summed E-state index contributed by atoms with van der Waals surface area (Å²) in [6, 6.07) is 10.6. The molecule has 3 heteroatoms. The van der Waals surface area contributed by atoms with Gasteiger partial charge in [-0.2, -0.15) is 0 Å². The van der Waals surface area contributed by atoms with Gasteiger partial charge in [0.2, 0.25) is 0 Å². The van der Waals surface area contributed by atoms with Crippen LogP contribution in [0.5, 0.6) is 0 Å². The summed E-state index contributed by atoms with van der Waals surface area (Å²) in [6.45, 7) is 9.68. The number of rotatable bonds is 6. The van der Waals surface area contributed by atoms with E-state index in [1.165, 1.54) is 5.56 Å². The van der Waals surface area contributed by atoms with Gasteiger partial charge < -0.3 is 5.11 Å². The molecule has 1 atom stereocenters. The summed E-state index contributed by atoms with van der Waals surface area (Å²) >= 11 is 0. The van der Waals surface area contributed by atoms with Gasteiger partial charge >= 0.3 is 0 Å². The zero-order valence-electron chi connectivity index (χ0n) is 12.2. The maximum atomic E-state index is 9.86. The van der Waals surface area contributed by atoms with Crippen LogP contribution < -0.4 is 0 Å². The topological polar surface area (TPSA) is 26.7 Å². The summed E-state index contributed by atoms with van der Waals surface area (Å²) in [7, 11) is 0. The largest absolute Gasteiger partial charge is 0.394 e. The van der Waals surface area contributed by atoms with Crippen molar-refractivity contribution in [1.29, 1.82) is 0 Å². The van der Waals surface area contributed by atoms with E-state index in [2.05, 4.69) is 54.0 Å². The van der Waals surface area contributed by atoms with Crippen molar-refractivity contribution in [3.05, 3.63) is 35.9 Å². The van der Waals surface area contributed by atoms with Crippen molar-refractivity contribution in [2.75, 3.05) is 32.8 Å². The lowest BCUT2D eigenvalue weighted by molar-refractivity contribution is 0.0423. The number of likely N-dealkylation sites (tertiary alicyclic amines) is 1. The smallest absolute Gasteiger partial charge is 0.0628 e. The Kier molecular flexibility index (Phi) is 4.97. The molecular weight excluding hydrogens is 236 g/mol. The molecule has 1 saturated heterocycles. The number of aliphatic hydroxyl groups excluding tert-OH is 1. The van der Waals surface area contributed by atoms with Gasteiger partial charge in [0.25, 0.3) is 0 Å². The second kappa shape index (κ2) is 6.51. The van der Waals surface area contributed by atoms with E-state index in [0.29, 0.717) is 0 Å². The lowest BCUT2D eigenvalue weighted by Crippen LogP contribution is -2.53. The summed E-state index contributed by atoms with van der Waals surface area (Å²) in [6.07, 6.45) is 1.07. The van der Waals surface area contributed by atoms with Crippen LogP contribution >= 0.6 is 0 Å². The molecule has 3 nitrogen and oxygen atoms in total. The standard InChI is InChI=1S/C16H26N2O/c1-3-18(4-2)16(14-19)10-11-17(13-16)12-15-8-6-5-7-9-15/h5-9,19H,3-4,10-14H2,1-2H3. The Labute approximate surface area is 116 Å². The summed E-state index contributed by atoms with van der Waals surface area (Å²) in [5.74, 6) is 0. The molecule has 1 N–H and O–H groups in total. The number of hydrogen-bond acceptors (Lipinski definition) is 3. The molecule has 1 aliphatic heterocycles. The van der Waals surface area contributed by atoms with Crippen LogP contribution in [-0.4, -0.2) is 53.2 Å². The quantitative estimate of drug-likeness (QED) is 0.849. The molecule has 0 spiro atoms. The van der Waals surface area contributed by atoms with Crippen LogP contribution in [0.25, 0.3) is 0 Å². The fourth-order valence-electron chi connectivity index (χ4n) is 3.30. The maximum Gasteiger partial charge on any atom is 0.0628 e. The Hall–Kier alpha value is -0.900. The van der Waals surface area contributed by atoms with Crippen LogP contribution in [0.1, 0.15) is 25.8 Å². The van der Waals surface area contributed by atoms with E-state index in [4.69, 9.17) is 0 Å². The average Bonchev–Trinajstić information content (AvgIpc) is 2.86. The SMILES string of the molecule is CCN(CC)C1(CO)CCN(Cc2ccccc2)C1. The Bertz CT molecular complexity index is 378.